The number of fused-ring (bicyclic) bond motifs is 3. The van der Waals surface area contributed by atoms with Crippen molar-refractivity contribution in [3.63, 3.8) is 0 Å². The average Bonchev–Trinajstić information content (AvgIpc) is 3.45. The van der Waals surface area contributed by atoms with Gasteiger partial charge in [-0.1, -0.05) is 72.8 Å². The summed E-state index contributed by atoms with van der Waals surface area (Å²) in [7, 11) is 3.12. The van der Waals surface area contributed by atoms with Crippen molar-refractivity contribution in [3.8, 4) is 11.5 Å². The molecule has 0 N–H and O–H groups in total. The monoisotopic (exact) mass is 514 g/mol. The molecule has 0 bridgehead atoms. The Kier molecular flexibility index (Phi) is 5.99. The summed E-state index contributed by atoms with van der Waals surface area (Å²) in [5, 5.41) is 0. The van der Waals surface area contributed by atoms with Gasteiger partial charge < -0.3 is 9.47 Å². The molecule has 5 nitrogen and oxygen atoms in total. The fraction of sp³-hybridized carbons (Fsp3) is 0.147. The number of carbonyl (C=O) groups is 3. The topological polar surface area (TPSA) is 69.7 Å². The van der Waals surface area contributed by atoms with Crippen LogP contribution in [0.1, 0.15) is 60.1 Å². The molecular weight excluding hydrogens is 488 g/mol. The second-order valence-electron chi connectivity index (χ2n) is 9.84. The van der Waals surface area contributed by atoms with Crippen molar-refractivity contribution in [2.24, 2.45) is 0 Å². The molecule has 2 atom stereocenters. The molecule has 192 valence electrons. The molecule has 1 spiro atoms. The average molecular weight is 515 g/mol. The van der Waals surface area contributed by atoms with Crippen LogP contribution in [0.25, 0.3) is 6.08 Å². The van der Waals surface area contributed by atoms with Crippen molar-refractivity contribution in [2.75, 3.05) is 14.2 Å². The Hall–Kier alpha value is -4.77. The van der Waals surface area contributed by atoms with E-state index < -0.39 is 11.3 Å². The number of hydrogen-bond donors (Lipinski definition) is 0. The van der Waals surface area contributed by atoms with Gasteiger partial charge in [-0.2, -0.15) is 0 Å². The van der Waals surface area contributed by atoms with Crippen LogP contribution in [-0.2, 0) is 5.41 Å². The normalized spacial score (nSPS) is 18.9. The maximum Gasteiger partial charge on any atom is 0.190 e. The molecule has 39 heavy (non-hydrogen) atoms. The summed E-state index contributed by atoms with van der Waals surface area (Å²) < 4.78 is 11.0. The van der Waals surface area contributed by atoms with Gasteiger partial charge in [-0.15, -0.1) is 0 Å². The third kappa shape index (κ3) is 3.73. The molecule has 4 aromatic rings. The minimum atomic E-state index is -1.39. The SMILES string of the molecule is COc1ccc2c(c1)C(=O)[C@]1(C(C(=O)c3ccccc3)=Cc3ccc(OC)cc31)[C@H]2CC(=O)c1ccccc1. The number of Topliss-reactive ketones (excluding diaryl/α,β-unsaturated/α-hetero) is 3. The molecule has 0 saturated carbocycles. The van der Waals surface area contributed by atoms with Gasteiger partial charge >= 0.3 is 0 Å². The predicted octanol–water partition coefficient (Wildman–Crippen LogP) is 6.47. The second-order valence-corrected chi connectivity index (χ2v) is 9.84. The van der Waals surface area contributed by atoms with Crippen molar-refractivity contribution >= 4 is 23.4 Å². The summed E-state index contributed by atoms with van der Waals surface area (Å²) in [4.78, 5) is 42.6. The van der Waals surface area contributed by atoms with E-state index in [0.29, 0.717) is 39.3 Å². The van der Waals surface area contributed by atoms with Crippen LogP contribution in [0.15, 0.2) is 103 Å². The molecule has 0 saturated heterocycles. The molecule has 4 aromatic carbocycles. The number of benzene rings is 4. The van der Waals surface area contributed by atoms with Gasteiger partial charge in [0.15, 0.2) is 17.3 Å². The van der Waals surface area contributed by atoms with Gasteiger partial charge in [0.25, 0.3) is 0 Å². The Bertz CT molecular complexity index is 1650. The van der Waals surface area contributed by atoms with Crippen LogP contribution in [0, 0.1) is 0 Å². The van der Waals surface area contributed by atoms with E-state index in [4.69, 9.17) is 9.47 Å². The minimum absolute atomic E-state index is 0.0468. The zero-order valence-corrected chi connectivity index (χ0v) is 21.6. The molecular formula is C34H26O5. The quantitative estimate of drug-likeness (QED) is 0.264. The van der Waals surface area contributed by atoms with E-state index >= 15 is 0 Å². The van der Waals surface area contributed by atoms with Crippen molar-refractivity contribution in [3.05, 3.63) is 136 Å². The molecule has 0 unspecified atom stereocenters. The first-order chi connectivity index (χ1) is 19.0. The highest BCUT2D eigenvalue weighted by Crippen LogP contribution is 2.60. The van der Waals surface area contributed by atoms with Gasteiger partial charge in [-0.05, 0) is 47.0 Å². The van der Waals surface area contributed by atoms with Crippen molar-refractivity contribution < 1.29 is 23.9 Å². The summed E-state index contributed by atoms with van der Waals surface area (Å²) in [6.45, 7) is 0. The Labute approximate surface area is 226 Å². The number of methoxy groups -OCH3 is 2. The third-order valence-corrected chi connectivity index (χ3v) is 7.94. The van der Waals surface area contributed by atoms with E-state index in [1.54, 1.807) is 62.8 Å². The van der Waals surface area contributed by atoms with Crippen LogP contribution in [0.3, 0.4) is 0 Å². The molecule has 0 amide bonds. The van der Waals surface area contributed by atoms with Crippen molar-refractivity contribution in [1.82, 2.24) is 0 Å². The maximum atomic E-state index is 14.7. The number of carbonyl (C=O) groups excluding carboxylic acids is 3. The van der Waals surface area contributed by atoms with Gasteiger partial charge in [-0.3, -0.25) is 14.4 Å². The maximum absolute atomic E-state index is 14.7. The Balaban J connectivity index is 1.61. The summed E-state index contributed by atoms with van der Waals surface area (Å²) in [5.41, 5.74) is 2.64. The third-order valence-electron chi connectivity index (χ3n) is 7.94. The molecule has 0 fully saturated rings. The summed E-state index contributed by atoms with van der Waals surface area (Å²) >= 11 is 0. The van der Waals surface area contributed by atoms with Crippen molar-refractivity contribution in [2.45, 2.75) is 17.8 Å². The zero-order chi connectivity index (χ0) is 27.1. The van der Waals surface area contributed by atoms with Gasteiger partial charge in [0.1, 0.15) is 11.5 Å². The first-order valence-corrected chi connectivity index (χ1v) is 12.8. The van der Waals surface area contributed by atoms with Crippen LogP contribution in [0.4, 0.5) is 0 Å². The Morgan fingerprint density at radius 3 is 2.05 bits per heavy atom. The highest BCUT2D eigenvalue weighted by molar-refractivity contribution is 6.25. The van der Waals surface area contributed by atoms with Crippen LogP contribution < -0.4 is 9.47 Å². The first kappa shape index (κ1) is 24.6. The van der Waals surface area contributed by atoms with Crippen LogP contribution >= 0.6 is 0 Å². The van der Waals surface area contributed by atoms with Gasteiger partial charge in [0.05, 0.1) is 19.6 Å². The van der Waals surface area contributed by atoms with Crippen molar-refractivity contribution in [1.29, 1.82) is 0 Å². The molecule has 0 aromatic heterocycles. The van der Waals surface area contributed by atoms with Gasteiger partial charge in [0, 0.05) is 34.6 Å². The fourth-order valence-electron chi connectivity index (χ4n) is 6.11. The van der Waals surface area contributed by atoms with E-state index in [9.17, 15) is 14.4 Å². The molecule has 6 rings (SSSR count). The van der Waals surface area contributed by atoms with Crippen LogP contribution in [0.2, 0.25) is 0 Å². The molecule has 0 heterocycles. The lowest BCUT2D eigenvalue weighted by atomic mass is 9.64. The first-order valence-electron chi connectivity index (χ1n) is 12.8. The number of ketones is 3. The highest BCUT2D eigenvalue weighted by Gasteiger charge is 2.61. The number of hydrogen-bond acceptors (Lipinski definition) is 5. The van der Waals surface area contributed by atoms with E-state index in [-0.39, 0.29) is 23.8 Å². The molecule has 0 radical (unpaired) electrons. The lowest BCUT2D eigenvalue weighted by Crippen LogP contribution is -2.40. The Morgan fingerprint density at radius 2 is 1.38 bits per heavy atom. The lowest BCUT2D eigenvalue weighted by molar-refractivity contribution is 0.0861. The summed E-state index contributed by atoms with van der Waals surface area (Å²) in [6.07, 6.45) is 1.86. The van der Waals surface area contributed by atoms with E-state index in [1.165, 1.54) is 0 Å². The van der Waals surface area contributed by atoms with Gasteiger partial charge in [0.2, 0.25) is 0 Å². The standard InChI is InChI=1S/C34H26O5/c1-38-24-15-16-26-27(18-24)33(37)34(29(26)20-31(35)21-9-5-3-6-10-21)28-19-25(39-2)14-13-23(28)17-30(34)32(36)22-11-7-4-8-12-22/h3-19,29H,20H2,1-2H3/t29-,34-/m0/s1. The predicted molar refractivity (Wildman–Crippen MR) is 149 cm³/mol. The Morgan fingerprint density at radius 1 is 0.769 bits per heavy atom. The number of ether oxygens (including phenoxy) is 2. The summed E-state index contributed by atoms with van der Waals surface area (Å²) in [6, 6.07) is 28.9. The lowest BCUT2D eigenvalue weighted by Gasteiger charge is -2.34. The van der Waals surface area contributed by atoms with E-state index in [2.05, 4.69) is 0 Å². The minimum Gasteiger partial charge on any atom is -0.497 e. The van der Waals surface area contributed by atoms with E-state index in [1.807, 2.05) is 54.6 Å². The number of allylic oxidation sites excluding steroid dienone is 1. The zero-order valence-electron chi connectivity index (χ0n) is 21.6. The highest BCUT2D eigenvalue weighted by atomic mass is 16.5. The van der Waals surface area contributed by atoms with Crippen LogP contribution in [-0.4, -0.2) is 31.6 Å². The molecule has 5 heteroatoms. The van der Waals surface area contributed by atoms with E-state index in [0.717, 1.165) is 11.1 Å². The van der Waals surface area contributed by atoms with Gasteiger partial charge in [-0.25, -0.2) is 0 Å². The molecule has 2 aliphatic rings. The fourth-order valence-corrected chi connectivity index (χ4v) is 6.11. The molecule has 2 aliphatic carbocycles. The van der Waals surface area contributed by atoms with Crippen LogP contribution in [0.5, 0.6) is 11.5 Å². The number of rotatable bonds is 7. The largest absolute Gasteiger partial charge is 0.497 e. The molecule has 0 aliphatic heterocycles. The smallest absolute Gasteiger partial charge is 0.190 e. The second kappa shape index (κ2) is 9.52. The summed E-state index contributed by atoms with van der Waals surface area (Å²) in [5.74, 6) is -0.0495.